The minimum absolute atomic E-state index is 0.589. The van der Waals surface area contributed by atoms with Crippen LogP contribution in [0, 0.1) is 17.8 Å². The molecule has 0 heterocycles. The van der Waals surface area contributed by atoms with Crippen molar-refractivity contribution in [2.75, 3.05) is 6.61 Å². The van der Waals surface area contributed by atoms with Gasteiger partial charge in [0.1, 0.15) is 0 Å². The summed E-state index contributed by atoms with van der Waals surface area (Å²) in [5, 5.41) is 0. The molecule has 0 bridgehead atoms. The number of hydrogen-bond acceptors (Lipinski definition) is 1. The van der Waals surface area contributed by atoms with E-state index >= 15 is 0 Å². The second-order valence-electron chi connectivity index (χ2n) is 7.77. The Kier molecular flexibility index (Phi) is 8.14. The van der Waals surface area contributed by atoms with Crippen molar-refractivity contribution in [1.82, 2.24) is 0 Å². The number of rotatable bonds is 8. The molecule has 0 amide bonds. The Morgan fingerprint density at radius 1 is 0.619 bits per heavy atom. The molecule has 0 atom stereocenters. The molecule has 1 nitrogen and oxygen atoms in total. The first-order valence-corrected chi connectivity index (χ1v) is 9.93. The SMILES string of the molecule is CCCO[C@H]1CC[C@H](CC[C@H]2CC[C@H](CCC)CC2)CC1. The summed E-state index contributed by atoms with van der Waals surface area (Å²) in [6, 6.07) is 0. The van der Waals surface area contributed by atoms with Crippen LogP contribution in [-0.4, -0.2) is 12.7 Å². The molecule has 0 aliphatic heterocycles. The third-order valence-corrected chi connectivity index (χ3v) is 6.00. The standard InChI is InChI=1S/C20H38O/c1-3-5-17-6-8-18(9-7-17)10-11-19-12-14-20(15-13-19)21-16-4-2/h17-20H,3-16H2,1-2H3/t17-,18-,19-,20-. The van der Waals surface area contributed by atoms with E-state index in [0.29, 0.717) is 6.10 Å². The molecular weight excluding hydrogens is 256 g/mol. The molecular formula is C20H38O. The van der Waals surface area contributed by atoms with Crippen molar-refractivity contribution in [2.24, 2.45) is 17.8 Å². The Hall–Kier alpha value is -0.0400. The van der Waals surface area contributed by atoms with Crippen LogP contribution in [0.4, 0.5) is 0 Å². The lowest BCUT2D eigenvalue weighted by Crippen LogP contribution is -2.23. The van der Waals surface area contributed by atoms with Crippen LogP contribution in [0.3, 0.4) is 0 Å². The highest BCUT2D eigenvalue weighted by Crippen LogP contribution is 2.36. The lowest BCUT2D eigenvalue weighted by molar-refractivity contribution is 0.0168. The predicted molar refractivity (Wildman–Crippen MR) is 91.6 cm³/mol. The molecule has 0 N–H and O–H groups in total. The highest BCUT2D eigenvalue weighted by Gasteiger charge is 2.24. The van der Waals surface area contributed by atoms with Crippen LogP contribution < -0.4 is 0 Å². The van der Waals surface area contributed by atoms with Gasteiger partial charge in [0.05, 0.1) is 6.10 Å². The minimum atomic E-state index is 0.589. The highest BCUT2D eigenvalue weighted by atomic mass is 16.5. The number of ether oxygens (including phenoxy) is 1. The van der Waals surface area contributed by atoms with Gasteiger partial charge in [0, 0.05) is 6.61 Å². The Labute approximate surface area is 133 Å². The van der Waals surface area contributed by atoms with Crippen LogP contribution in [-0.2, 0) is 4.74 Å². The van der Waals surface area contributed by atoms with E-state index < -0.39 is 0 Å². The molecule has 2 rings (SSSR count). The molecule has 0 aromatic rings. The van der Waals surface area contributed by atoms with E-state index in [1.807, 2.05) is 0 Å². The maximum Gasteiger partial charge on any atom is 0.0575 e. The second-order valence-corrected chi connectivity index (χ2v) is 7.77. The van der Waals surface area contributed by atoms with Gasteiger partial charge in [0.15, 0.2) is 0 Å². The first kappa shape index (κ1) is 17.3. The number of hydrogen-bond donors (Lipinski definition) is 0. The first-order valence-electron chi connectivity index (χ1n) is 9.93. The zero-order valence-electron chi connectivity index (χ0n) is 14.6. The van der Waals surface area contributed by atoms with Crippen molar-refractivity contribution < 1.29 is 4.74 Å². The van der Waals surface area contributed by atoms with Crippen LogP contribution in [0.1, 0.15) is 97.3 Å². The van der Waals surface area contributed by atoms with Gasteiger partial charge in [-0.25, -0.2) is 0 Å². The van der Waals surface area contributed by atoms with Gasteiger partial charge in [-0.2, -0.15) is 0 Å². The molecule has 2 fully saturated rings. The summed E-state index contributed by atoms with van der Waals surface area (Å²) in [6.45, 7) is 5.52. The van der Waals surface area contributed by atoms with Gasteiger partial charge in [-0.05, 0) is 49.9 Å². The van der Waals surface area contributed by atoms with E-state index in [2.05, 4.69) is 13.8 Å². The largest absolute Gasteiger partial charge is 0.378 e. The zero-order chi connectivity index (χ0) is 14.9. The van der Waals surface area contributed by atoms with Crippen molar-refractivity contribution in [1.29, 1.82) is 0 Å². The Balaban J connectivity index is 1.54. The normalized spacial score (nSPS) is 34.0. The molecule has 1 heteroatoms. The van der Waals surface area contributed by atoms with Crippen LogP contribution in [0.5, 0.6) is 0 Å². The molecule has 2 saturated carbocycles. The third-order valence-electron chi connectivity index (χ3n) is 6.00. The fraction of sp³-hybridized carbons (Fsp3) is 1.00. The molecule has 0 unspecified atom stereocenters. The quantitative estimate of drug-likeness (QED) is 0.506. The van der Waals surface area contributed by atoms with E-state index in [1.54, 1.807) is 0 Å². The summed E-state index contributed by atoms with van der Waals surface area (Å²) < 4.78 is 5.91. The van der Waals surface area contributed by atoms with Crippen molar-refractivity contribution in [2.45, 2.75) is 103 Å². The van der Waals surface area contributed by atoms with Crippen LogP contribution >= 0.6 is 0 Å². The van der Waals surface area contributed by atoms with Gasteiger partial charge in [-0.1, -0.05) is 65.2 Å². The summed E-state index contributed by atoms with van der Waals surface area (Å²) in [4.78, 5) is 0. The lowest BCUT2D eigenvalue weighted by atomic mass is 9.76. The van der Waals surface area contributed by atoms with E-state index in [-0.39, 0.29) is 0 Å². The summed E-state index contributed by atoms with van der Waals surface area (Å²) in [5.74, 6) is 3.14. The van der Waals surface area contributed by atoms with Crippen molar-refractivity contribution in [3.8, 4) is 0 Å². The van der Waals surface area contributed by atoms with Crippen molar-refractivity contribution in [3.63, 3.8) is 0 Å². The maximum atomic E-state index is 5.91. The van der Waals surface area contributed by atoms with E-state index in [4.69, 9.17) is 4.74 Å². The lowest BCUT2D eigenvalue weighted by Gasteiger charge is -2.32. The molecule has 124 valence electrons. The van der Waals surface area contributed by atoms with Gasteiger partial charge in [0.2, 0.25) is 0 Å². The molecule has 0 radical (unpaired) electrons. The molecule has 2 aliphatic carbocycles. The van der Waals surface area contributed by atoms with Crippen LogP contribution in [0.15, 0.2) is 0 Å². The molecule has 0 saturated heterocycles. The fourth-order valence-corrected chi connectivity index (χ4v) is 4.56. The van der Waals surface area contributed by atoms with Crippen molar-refractivity contribution in [3.05, 3.63) is 0 Å². The van der Waals surface area contributed by atoms with Gasteiger partial charge in [-0.15, -0.1) is 0 Å². The molecule has 2 aliphatic rings. The topological polar surface area (TPSA) is 9.23 Å². The summed E-state index contributed by atoms with van der Waals surface area (Å²) in [7, 11) is 0. The average molecular weight is 295 g/mol. The maximum absolute atomic E-state index is 5.91. The molecule has 0 spiro atoms. The van der Waals surface area contributed by atoms with E-state index in [9.17, 15) is 0 Å². The van der Waals surface area contributed by atoms with Gasteiger partial charge in [-0.3, -0.25) is 0 Å². The third kappa shape index (κ3) is 6.30. The van der Waals surface area contributed by atoms with Gasteiger partial charge < -0.3 is 4.74 Å². The Morgan fingerprint density at radius 3 is 1.57 bits per heavy atom. The molecule has 0 aromatic carbocycles. The monoisotopic (exact) mass is 294 g/mol. The van der Waals surface area contributed by atoms with Crippen molar-refractivity contribution >= 4 is 0 Å². The summed E-state index contributed by atoms with van der Waals surface area (Å²) >= 11 is 0. The fourth-order valence-electron chi connectivity index (χ4n) is 4.56. The Morgan fingerprint density at radius 2 is 1.10 bits per heavy atom. The van der Waals surface area contributed by atoms with Gasteiger partial charge in [0.25, 0.3) is 0 Å². The highest BCUT2D eigenvalue weighted by molar-refractivity contribution is 4.77. The van der Waals surface area contributed by atoms with Crippen LogP contribution in [0.2, 0.25) is 0 Å². The smallest absolute Gasteiger partial charge is 0.0575 e. The second kappa shape index (κ2) is 9.87. The van der Waals surface area contributed by atoms with Crippen LogP contribution in [0.25, 0.3) is 0 Å². The Bertz CT molecular complexity index is 247. The van der Waals surface area contributed by atoms with E-state index in [1.165, 1.54) is 83.5 Å². The average Bonchev–Trinajstić information content (AvgIpc) is 2.53. The summed E-state index contributed by atoms with van der Waals surface area (Å²) in [5.41, 5.74) is 0. The predicted octanol–water partition coefficient (Wildman–Crippen LogP) is 6.36. The minimum Gasteiger partial charge on any atom is -0.378 e. The summed E-state index contributed by atoms with van der Waals surface area (Å²) in [6.07, 6.45) is 19.3. The van der Waals surface area contributed by atoms with Gasteiger partial charge >= 0.3 is 0 Å². The zero-order valence-corrected chi connectivity index (χ0v) is 14.6. The van der Waals surface area contributed by atoms with E-state index in [0.717, 1.165) is 24.4 Å². The first-order chi connectivity index (χ1) is 10.3. The molecule has 0 aromatic heterocycles. The molecule has 21 heavy (non-hydrogen) atoms.